The Kier molecular flexibility index (Phi) is 7.61. The van der Waals surface area contributed by atoms with Gasteiger partial charge in [0.2, 0.25) is 5.91 Å². The maximum atomic E-state index is 12.4. The molecule has 0 aliphatic heterocycles. The zero-order valence-electron chi connectivity index (χ0n) is 16.3. The number of amides is 2. The van der Waals surface area contributed by atoms with Crippen molar-refractivity contribution < 1.29 is 14.7 Å². The van der Waals surface area contributed by atoms with Crippen LogP contribution in [0, 0.1) is 18.3 Å². The number of benzene rings is 1. The zero-order chi connectivity index (χ0) is 19.2. The highest BCUT2D eigenvalue weighted by molar-refractivity contribution is 5.96. The summed E-state index contributed by atoms with van der Waals surface area (Å²) in [5.74, 6) is 0.0517. The Labute approximate surface area is 151 Å². The lowest BCUT2D eigenvalue weighted by Crippen LogP contribution is -2.40. The number of rotatable bonds is 7. The lowest BCUT2D eigenvalue weighted by atomic mass is 9.88. The molecule has 0 aliphatic rings. The van der Waals surface area contributed by atoms with Crippen molar-refractivity contribution in [1.82, 2.24) is 5.32 Å². The van der Waals surface area contributed by atoms with Crippen molar-refractivity contribution in [2.75, 3.05) is 11.9 Å². The predicted octanol–water partition coefficient (Wildman–Crippen LogP) is 3.51. The third-order valence-electron chi connectivity index (χ3n) is 3.77. The van der Waals surface area contributed by atoms with Gasteiger partial charge in [0.15, 0.2) is 0 Å². The van der Waals surface area contributed by atoms with Gasteiger partial charge in [-0.15, -0.1) is 0 Å². The minimum atomic E-state index is -0.279. The lowest BCUT2D eigenvalue weighted by Gasteiger charge is -2.25. The molecule has 1 unspecified atom stereocenters. The highest BCUT2D eigenvalue weighted by atomic mass is 16.3. The van der Waals surface area contributed by atoms with E-state index in [1.54, 1.807) is 18.2 Å². The Bertz CT molecular complexity index is 603. The van der Waals surface area contributed by atoms with Gasteiger partial charge >= 0.3 is 0 Å². The van der Waals surface area contributed by atoms with E-state index in [1.165, 1.54) is 0 Å². The first-order valence-electron chi connectivity index (χ1n) is 8.84. The summed E-state index contributed by atoms with van der Waals surface area (Å²) in [7, 11) is 0. The summed E-state index contributed by atoms with van der Waals surface area (Å²) in [6, 6.07) is 4.92. The molecule has 1 aromatic rings. The predicted molar refractivity (Wildman–Crippen MR) is 102 cm³/mol. The average molecular weight is 348 g/mol. The van der Waals surface area contributed by atoms with E-state index in [0.29, 0.717) is 24.3 Å². The van der Waals surface area contributed by atoms with Crippen molar-refractivity contribution in [2.45, 2.75) is 60.4 Å². The highest BCUT2D eigenvalue weighted by Crippen LogP contribution is 2.21. The van der Waals surface area contributed by atoms with Crippen LogP contribution in [-0.4, -0.2) is 29.6 Å². The fourth-order valence-corrected chi connectivity index (χ4v) is 2.69. The summed E-state index contributed by atoms with van der Waals surface area (Å²) in [6.07, 6.45) is 1.16. The summed E-state index contributed by atoms with van der Waals surface area (Å²) >= 11 is 0. The summed E-state index contributed by atoms with van der Waals surface area (Å²) in [4.78, 5) is 24.3. The molecular formula is C20H32N2O3. The second-order valence-corrected chi connectivity index (χ2v) is 8.29. The fraction of sp³-hybridized carbons (Fsp3) is 0.600. The minimum Gasteiger partial charge on any atom is -0.394 e. The first kappa shape index (κ1) is 21.2. The van der Waals surface area contributed by atoms with Crippen LogP contribution in [0.1, 0.15) is 63.4 Å². The molecule has 1 aromatic carbocycles. The first-order valence-corrected chi connectivity index (χ1v) is 8.84. The van der Waals surface area contributed by atoms with Crippen LogP contribution >= 0.6 is 0 Å². The molecular weight excluding hydrogens is 316 g/mol. The van der Waals surface area contributed by atoms with E-state index in [2.05, 4.69) is 31.4 Å². The lowest BCUT2D eigenvalue weighted by molar-refractivity contribution is -0.116. The van der Waals surface area contributed by atoms with E-state index in [-0.39, 0.29) is 29.9 Å². The molecule has 3 N–H and O–H groups in total. The number of aliphatic hydroxyl groups excluding tert-OH is 1. The summed E-state index contributed by atoms with van der Waals surface area (Å²) in [5.41, 5.74) is 2.09. The summed E-state index contributed by atoms with van der Waals surface area (Å²) in [6.45, 7) is 12.0. The monoisotopic (exact) mass is 348 g/mol. The molecule has 0 fully saturated rings. The fourth-order valence-electron chi connectivity index (χ4n) is 2.69. The normalized spacial score (nSPS) is 12.8. The molecule has 1 rings (SSSR count). The van der Waals surface area contributed by atoms with E-state index in [9.17, 15) is 14.7 Å². The van der Waals surface area contributed by atoms with Crippen molar-refractivity contribution >= 4 is 17.5 Å². The van der Waals surface area contributed by atoms with Crippen molar-refractivity contribution in [2.24, 2.45) is 11.3 Å². The third-order valence-corrected chi connectivity index (χ3v) is 3.77. The van der Waals surface area contributed by atoms with Crippen LogP contribution < -0.4 is 10.6 Å². The largest absolute Gasteiger partial charge is 0.394 e. The van der Waals surface area contributed by atoms with Gasteiger partial charge in [0.25, 0.3) is 5.91 Å². The van der Waals surface area contributed by atoms with Crippen LogP contribution in [0.4, 0.5) is 5.69 Å². The number of hydrogen-bond acceptors (Lipinski definition) is 3. The molecule has 0 heterocycles. The zero-order valence-corrected chi connectivity index (χ0v) is 16.3. The molecule has 0 bridgehead atoms. The molecule has 2 amide bonds. The molecule has 0 aromatic heterocycles. The van der Waals surface area contributed by atoms with Crippen LogP contribution in [0.2, 0.25) is 0 Å². The van der Waals surface area contributed by atoms with Crippen LogP contribution in [-0.2, 0) is 4.79 Å². The van der Waals surface area contributed by atoms with Gasteiger partial charge < -0.3 is 15.7 Å². The van der Waals surface area contributed by atoms with E-state index in [0.717, 1.165) is 11.3 Å². The van der Waals surface area contributed by atoms with Gasteiger partial charge in [-0.2, -0.15) is 0 Å². The quantitative estimate of drug-likeness (QED) is 0.705. The molecule has 25 heavy (non-hydrogen) atoms. The number of aliphatic hydroxyl groups is 1. The Morgan fingerprint density at radius 2 is 1.84 bits per heavy atom. The highest BCUT2D eigenvalue weighted by Gasteiger charge is 2.20. The van der Waals surface area contributed by atoms with E-state index < -0.39 is 0 Å². The molecule has 0 saturated carbocycles. The average Bonchev–Trinajstić information content (AvgIpc) is 2.46. The van der Waals surface area contributed by atoms with Crippen molar-refractivity contribution in [3.05, 3.63) is 29.3 Å². The van der Waals surface area contributed by atoms with Gasteiger partial charge in [-0.3, -0.25) is 9.59 Å². The molecule has 0 aliphatic carbocycles. The number of nitrogens with one attached hydrogen (secondary N) is 2. The van der Waals surface area contributed by atoms with Gasteiger partial charge in [-0.25, -0.2) is 0 Å². The van der Waals surface area contributed by atoms with Crippen molar-refractivity contribution in [3.63, 3.8) is 0 Å². The van der Waals surface area contributed by atoms with Crippen LogP contribution in [0.15, 0.2) is 18.2 Å². The molecule has 5 nitrogen and oxygen atoms in total. The SMILES string of the molecule is Cc1cc(C(=O)NC(CO)CC(C)(C)C)ccc1NC(=O)CC(C)C. The number of anilines is 1. The van der Waals surface area contributed by atoms with Gasteiger partial charge in [0, 0.05) is 17.7 Å². The Hall–Kier alpha value is -1.88. The van der Waals surface area contributed by atoms with Crippen LogP contribution in [0.25, 0.3) is 0 Å². The maximum Gasteiger partial charge on any atom is 0.251 e. The molecule has 0 spiro atoms. The smallest absolute Gasteiger partial charge is 0.251 e. The third kappa shape index (κ3) is 7.69. The molecule has 0 saturated heterocycles. The number of aryl methyl sites for hydroxylation is 1. The summed E-state index contributed by atoms with van der Waals surface area (Å²) in [5, 5.41) is 15.2. The second-order valence-electron chi connectivity index (χ2n) is 8.29. The van der Waals surface area contributed by atoms with Crippen molar-refractivity contribution in [1.29, 1.82) is 0 Å². The van der Waals surface area contributed by atoms with Crippen LogP contribution in [0.5, 0.6) is 0 Å². The van der Waals surface area contributed by atoms with E-state index in [1.807, 2.05) is 20.8 Å². The standard InChI is InChI=1S/C20H32N2O3/c1-13(2)9-18(24)22-17-8-7-15(10-14(17)3)19(25)21-16(12-23)11-20(4,5)6/h7-8,10,13,16,23H,9,11-12H2,1-6H3,(H,21,25)(H,22,24). The molecule has 1 atom stereocenters. The van der Waals surface area contributed by atoms with Gasteiger partial charge in [0.1, 0.15) is 0 Å². The molecule has 5 heteroatoms. The van der Waals surface area contributed by atoms with E-state index >= 15 is 0 Å². The Morgan fingerprint density at radius 1 is 1.20 bits per heavy atom. The van der Waals surface area contributed by atoms with Gasteiger partial charge in [-0.05, 0) is 48.4 Å². The van der Waals surface area contributed by atoms with Gasteiger partial charge in [0.05, 0.1) is 12.6 Å². The molecule has 0 radical (unpaired) electrons. The van der Waals surface area contributed by atoms with Crippen LogP contribution in [0.3, 0.4) is 0 Å². The van der Waals surface area contributed by atoms with Crippen molar-refractivity contribution in [3.8, 4) is 0 Å². The second kappa shape index (κ2) is 8.99. The topological polar surface area (TPSA) is 78.4 Å². The first-order chi connectivity index (χ1) is 11.5. The molecule has 140 valence electrons. The van der Waals surface area contributed by atoms with E-state index in [4.69, 9.17) is 0 Å². The number of hydrogen-bond donors (Lipinski definition) is 3. The summed E-state index contributed by atoms with van der Waals surface area (Å²) < 4.78 is 0. The Balaban J connectivity index is 2.78. The maximum absolute atomic E-state index is 12.4. The minimum absolute atomic E-state index is 0.0150. The number of carbonyl (C=O) groups is 2. The van der Waals surface area contributed by atoms with Gasteiger partial charge in [-0.1, -0.05) is 34.6 Å². The number of carbonyl (C=O) groups excluding carboxylic acids is 2. The Morgan fingerprint density at radius 3 is 2.32 bits per heavy atom.